The van der Waals surface area contributed by atoms with Crippen LogP contribution in [-0.4, -0.2) is 37.8 Å². The highest BCUT2D eigenvalue weighted by molar-refractivity contribution is 5.92. The van der Waals surface area contributed by atoms with Gasteiger partial charge >= 0.3 is 5.97 Å². The van der Waals surface area contributed by atoms with Crippen LogP contribution >= 0.6 is 0 Å². The largest absolute Gasteiger partial charge is 0.478 e. The summed E-state index contributed by atoms with van der Waals surface area (Å²) in [6.45, 7) is 2.83. The predicted molar refractivity (Wildman–Crippen MR) is 161 cm³/mol. The highest BCUT2D eigenvalue weighted by Crippen LogP contribution is 2.48. The van der Waals surface area contributed by atoms with Crippen molar-refractivity contribution in [2.45, 2.75) is 51.4 Å². The fraction of sp³-hybridized carbons (Fsp3) is 0.286. The molecule has 0 unspecified atom stereocenters. The summed E-state index contributed by atoms with van der Waals surface area (Å²) in [5, 5.41) is 9.59. The van der Waals surface area contributed by atoms with Gasteiger partial charge in [0.1, 0.15) is 29.9 Å². The number of pyridine rings is 1. The number of fused-ring (bicyclic) bond motifs is 3. The molecule has 0 radical (unpaired) electrons. The quantitative estimate of drug-likeness (QED) is 0.188. The van der Waals surface area contributed by atoms with Crippen molar-refractivity contribution in [1.82, 2.24) is 14.5 Å². The molecule has 0 atom stereocenters. The van der Waals surface area contributed by atoms with E-state index in [0.29, 0.717) is 41.5 Å². The maximum Gasteiger partial charge on any atom is 0.335 e. The van der Waals surface area contributed by atoms with E-state index in [2.05, 4.69) is 4.98 Å². The Hall–Kier alpha value is -4.70. The molecule has 1 saturated carbocycles. The van der Waals surface area contributed by atoms with E-state index in [1.165, 1.54) is 12.1 Å². The highest BCUT2D eigenvalue weighted by atomic mass is 19.1. The number of aryl methyl sites for hydroxylation is 1. The monoisotopic (exact) mass is 613 g/mol. The van der Waals surface area contributed by atoms with Gasteiger partial charge in [-0.25, -0.2) is 27.9 Å². The van der Waals surface area contributed by atoms with Crippen LogP contribution in [0, 0.1) is 30.3 Å². The average molecular weight is 614 g/mol. The number of aromatic carboxylic acids is 1. The molecule has 1 N–H and O–H groups in total. The molecule has 5 aromatic rings. The Bertz CT molecular complexity index is 1950. The Morgan fingerprint density at radius 1 is 1.00 bits per heavy atom. The lowest BCUT2D eigenvalue weighted by Crippen LogP contribution is -2.54. The number of carbonyl (C=O) groups is 1. The number of hydrogen-bond donors (Lipinski definition) is 1. The van der Waals surface area contributed by atoms with Crippen LogP contribution in [0.1, 0.15) is 52.1 Å². The molecule has 2 saturated heterocycles. The third-order valence-corrected chi connectivity index (χ3v) is 8.84. The topological polar surface area (TPSA) is 86.5 Å². The van der Waals surface area contributed by atoms with Gasteiger partial charge in [0.15, 0.2) is 0 Å². The predicted octanol–water partition coefficient (Wildman–Crippen LogP) is 7.26. The van der Waals surface area contributed by atoms with E-state index in [4.69, 9.17) is 14.5 Å². The Kier molecular flexibility index (Phi) is 7.32. The van der Waals surface area contributed by atoms with Gasteiger partial charge in [0.2, 0.25) is 5.88 Å². The lowest BCUT2D eigenvalue weighted by Gasteiger charge is -2.52. The molecule has 10 heteroatoms. The van der Waals surface area contributed by atoms with Gasteiger partial charge in [-0.05, 0) is 85.7 Å². The Morgan fingerprint density at radius 2 is 1.82 bits per heavy atom. The SMILES string of the molecule is Cc1ccc(COc2cccc(-c3cc(F)c(Cc4nc5ccc(C(=O)O)cc5n4CC45CC(CCO4)C5)cc3F)n2)c(F)c1. The molecule has 230 valence electrons. The van der Waals surface area contributed by atoms with Gasteiger partial charge in [0.05, 0.1) is 34.4 Å². The second-order valence-electron chi connectivity index (χ2n) is 12.1. The third-order valence-electron chi connectivity index (χ3n) is 8.84. The van der Waals surface area contributed by atoms with Crippen molar-refractivity contribution < 1.29 is 32.5 Å². The molecule has 8 rings (SSSR count). The Morgan fingerprint density at radius 3 is 2.58 bits per heavy atom. The molecule has 3 aliphatic rings. The van der Waals surface area contributed by atoms with E-state index in [1.807, 2.05) is 4.57 Å². The first-order chi connectivity index (χ1) is 21.7. The third kappa shape index (κ3) is 5.66. The number of hydrogen-bond acceptors (Lipinski definition) is 5. The molecule has 0 amide bonds. The molecule has 1 aliphatic carbocycles. The standard InChI is InChI=1S/C35H30F3N3O4/c1-20-5-6-23(26(36)11-20)18-44-33-4-2-3-29(40-33)25-15-27(37)24(12-28(25)38)14-32-39-30-8-7-22(34(42)43)13-31(30)41(32)19-35-16-21(17-35)9-10-45-35/h2-8,11-13,15,21H,9-10,14,16-19H2,1H3,(H,42,43). The van der Waals surface area contributed by atoms with E-state index < -0.39 is 23.4 Å². The number of rotatable bonds is 9. The molecule has 7 nitrogen and oxygen atoms in total. The van der Waals surface area contributed by atoms with Crippen LogP contribution in [0.15, 0.2) is 66.7 Å². The minimum Gasteiger partial charge on any atom is -0.478 e. The van der Waals surface area contributed by atoms with Crippen molar-refractivity contribution in [3.63, 3.8) is 0 Å². The van der Waals surface area contributed by atoms with E-state index in [1.54, 1.807) is 49.4 Å². The zero-order chi connectivity index (χ0) is 31.3. The number of carboxylic acids is 1. The van der Waals surface area contributed by atoms with Crippen LogP contribution in [0.5, 0.6) is 5.88 Å². The van der Waals surface area contributed by atoms with Gasteiger partial charge in [-0.3, -0.25) is 0 Å². The molecule has 2 bridgehead atoms. The van der Waals surface area contributed by atoms with Gasteiger partial charge in [0.25, 0.3) is 0 Å². The normalized spacial score (nSPS) is 19.0. The summed E-state index contributed by atoms with van der Waals surface area (Å²) < 4.78 is 59.2. The van der Waals surface area contributed by atoms with Crippen molar-refractivity contribution in [1.29, 1.82) is 0 Å². The molecule has 2 aromatic heterocycles. The number of ether oxygens (including phenoxy) is 2. The van der Waals surface area contributed by atoms with Crippen LogP contribution in [-0.2, 0) is 24.3 Å². The number of halogens is 3. The molecular weight excluding hydrogens is 583 g/mol. The fourth-order valence-electron chi connectivity index (χ4n) is 6.49. The summed E-state index contributed by atoms with van der Waals surface area (Å²) in [5.41, 5.74) is 2.29. The molecule has 0 spiro atoms. The van der Waals surface area contributed by atoms with Gasteiger partial charge < -0.3 is 19.1 Å². The second-order valence-corrected chi connectivity index (χ2v) is 12.1. The second kappa shape index (κ2) is 11.3. The maximum atomic E-state index is 15.6. The fourth-order valence-corrected chi connectivity index (χ4v) is 6.49. The Balaban J connectivity index is 1.17. The summed E-state index contributed by atoms with van der Waals surface area (Å²) in [6, 6.07) is 16.5. The van der Waals surface area contributed by atoms with Crippen LogP contribution in [0.3, 0.4) is 0 Å². The van der Waals surface area contributed by atoms with E-state index in [0.717, 1.165) is 37.0 Å². The van der Waals surface area contributed by atoms with E-state index in [-0.39, 0.29) is 46.9 Å². The number of aromatic nitrogens is 3. The van der Waals surface area contributed by atoms with Gasteiger partial charge in [-0.15, -0.1) is 0 Å². The summed E-state index contributed by atoms with van der Waals surface area (Å²) in [4.78, 5) is 20.8. The summed E-state index contributed by atoms with van der Waals surface area (Å²) in [7, 11) is 0. The minimum absolute atomic E-state index is 0.0156. The number of nitrogens with zero attached hydrogens (tertiary/aromatic N) is 3. The van der Waals surface area contributed by atoms with Gasteiger partial charge in [0, 0.05) is 30.2 Å². The lowest BCUT2D eigenvalue weighted by atomic mass is 9.67. The number of imidazole rings is 1. The summed E-state index contributed by atoms with van der Waals surface area (Å²) in [6.07, 6.45) is 2.81. The van der Waals surface area contributed by atoms with E-state index in [9.17, 15) is 14.3 Å². The van der Waals surface area contributed by atoms with Crippen molar-refractivity contribution >= 4 is 17.0 Å². The zero-order valence-electron chi connectivity index (χ0n) is 24.5. The van der Waals surface area contributed by atoms with Crippen molar-refractivity contribution in [2.75, 3.05) is 6.61 Å². The Labute approximate surface area is 257 Å². The molecule has 2 aliphatic heterocycles. The first-order valence-electron chi connectivity index (χ1n) is 14.9. The van der Waals surface area contributed by atoms with E-state index >= 15 is 8.78 Å². The van der Waals surface area contributed by atoms with Crippen LogP contribution in [0.25, 0.3) is 22.3 Å². The smallest absolute Gasteiger partial charge is 0.335 e. The maximum absolute atomic E-state index is 15.6. The van der Waals surface area contributed by atoms with Crippen LogP contribution in [0.2, 0.25) is 0 Å². The van der Waals surface area contributed by atoms with Crippen molar-refractivity contribution in [2.24, 2.45) is 5.92 Å². The van der Waals surface area contributed by atoms with Gasteiger partial charge in [-0.1, -0.05) is 18.2 Å². The lowest BCUT2D eigenvalue weighted by molar-refractivity contribution is -0.184. The zero-order valence-corrected chi connectivity index (χ0v) is 24.5. The summed E-state index contributed by atoms with van der Waals surface area (Å²) in [5.74, 6) is -1.53. The number of carboxylic acid groups (broad SMARTS) is 1. The molecule has 4 heterocycles. The van der Waals surface area contributed by atoms with Crippen LogP contribution < -0.4 is 4.74 Å². The highest BCUT2D eigenvalue weighted by Gasteiger charge is 2.49. The van der Waals surface area contributed by atoms with Crippen molar-refractivity contribution in [3.05, 3.63) is 112 Å². The number of benzene rings is 3. The minimum atomic E-state index is -1.06. The molecular formula is C35H30F3N3O4. The average Bonchev–Trinajstić information content (AvgIpc) is 3.34. The first kappa shape index (κ1) is 29.0. The molecule has 3 aromatic carbocycles. The summed E-state index contributed by atoms with van der Waals surface area (Å²) >= 11 is 0. The first-order valence-corrected chi connectivity index (χ1v) is 14.9. The molecule has 3 fully saturated rings. The van der Waals surface area contributed by atoms with Gasteiger partial charge in [-0.2, -0.15) is 0 Å². The molecule has 45 heavy (non-hydrogen) atoms. The van der Waals surface area contributed by atoms with Crippen molar-refractivity contribution in [3.8, 4) is 17.1 Å². The van der Waals surface area contributed by atoms with Crippen LogP contribution in [0.4, 0.5) is 13.2 Å².